The molecule has 3 heterocycles. The smallest absolute Gasteiger partial charge is 0.414 e. The van der Waals surface area contributed by atoms with E-state index in [4.69, 9.17) is 4.74 Å². The van der Waals surface area contributed by atoms with E-state index >= 15 is 0 Å². The van der Waals surface area contributed by atoms with Crippen LogP contribution in [0.4, 0.5) is 20.6 Å². The van der Waals surface area contributed by atoms with Crippen molar-refractivity contribution in [3.05, 3.63) is 36.4 Å². The zero-order chi connectivity index (χ0) is 19.5. The van der Waals surface area contributed by atoms with Crippen LogP contribution < -0.4 is 20.8 Å². The number of ether oxygens (including phenoxy) is 1. The standard InChI is InChI=1S/C18H24FN5O3S/c19-16-11-14(3-4-17(16)22-6-1-9-28(26)10-2-7-22)24-13-15(27-18(24)25)12-23-8-5-20-21-23/h3-5,8,11,15,20-21H,1-2,6-7,9-10,12-13H2/t15-/m0/s1. The fourth-order valence-corrected chi connectivity index (χ4v) is 4.75. The van der Waals surface area contributed by atoms with Crippen LogP contribution >= 0.6 is 0 Å². The summed E-state index contributed by atoms with van der Waals surface area (Å²) >= 11 is 0. The van der Waals surface area contributed by atoms with Crippen LogP contribution in [0.25, 0.3) is 0 Å². The second-order valence-corrected chi connectivity index (χ2v) is 8.71. The number of cyclic esters (lactones) is 1. The molecule has 2 saturated heterocycles. The first-order valence-corrected chi connectivity index (χ1v) is 10.9. The van der Waals surface area contributed by atoms with E-state index < -0.39 is 16.9 Å². The van der Waals surface area contributed by atoms with Crippen LogP contribution in [-0.4, -0.2) is 59.1 Å². The number of halogens is 1. The minimum absolute atomic E-state index is 0.317. The molecule has 1 amide bonds. The van der Waals surface area contributed by atoms with Gasteiger partial charge in [0.2, 0.25) is 0 Å². The average Bonchev–Trinajstić information content (AvgIpc) is 3.28. The molecule has 0 bridgehead atoms. The molecule has 0 unspecified atom stereocenters. The lowest BCUT2D eigenvalue weighted by atomic mass is 10.2. The first-order chi connectivity index (χ1) is 13.6. The maximum absolute atomic E-state index is 14.8. The number of hydrogen-bond donors (Lipinski definition) is 2. The van der Waals surface area contributed by atoms with Gasteiger partial charge in [-0.1, -0.05) is 0 Å². The zero-order valence-corrected chi connectivity index (χ0v) is 16.3. The van der Waals surface area contributed by atoms with Crippen LogP contribution in [-0.2, 0) is 15.5 Å². The predicted molar refractivity (Wildman–Crippen MR) is 105 cm³/mol. The van der Waals surface area contributed by atoms with E-state index in [0.717, 1.165) is 12.8 Å². The molecule has 1 aromatic carbocycles. The van der Waals surface area contributed by atoms with Crippen LogP contribution in [0, 0.1) is 5.82 Å². The maximum atomic E-state index is 14.8. The summed E-state index contributed by atoms with van der Waals surface area (Å²) in [6.07, 6.45) is 4.32. The molecule has 8 nitrogen and oxygen atoms in total. The Balaban J connectivity index is 1.43. The third-order valence-electron chi connectivity index (χ3n) is 5.00. The van der Waals surface area contributed by atoms with Gasteiger partial charge in [-0.15, -0.1) is 5.53 Å². The molecular formula is C18H24FN5O3S. The van der Waals surface area contributed by atoms with Gasteiger partial charge in [-0.2, -0.15) is 0 Å². The van der Waals surface area contributed by atoms with Crippen LogP contribution in [0.2, 0.25) is 0 Å². The molecule has 0 radical (unpaired) electrons. The molecule has 10 heteroatoms. The molecule has 0 spiro atoms. The number of hydrazine groups is 2. The molecule has 152 valence electrons. The van der Waals surface area contributed by atoms with Crippen molar-refractivity contribution >= 4 is 28.3 Å². The molecule has 28 heavy (non-hydrogen) atoms. The number of nitrogens with zero attached hydrogens (tertiary/aromatic N) is 3. The molecular weight excluding hydrogens is 385 g/mol. The van der Waals surface area contributed by atoms with E-state index in [0.29, 0.717) is 49.1 Å². The lowest BCUT2D eigenvalue weighted by Gasteiger charge is -2.27. The number of benzene rings is 1. The quantitative estimate of drug-likeness (QED) is 0.776. The van der Waals surface area contributed by atoms with Gasteiger partial charge in [0.1, 0.15) is 11.9 Å². The number of anilines is 2. The molecule has 1 atom stereocenters. The van der Waals surface area contributed by atoms with Crippen molar-refractivity contribution in [3.8, 4) is 0 Å². The van der Waals surface area contributed by atoms with Gasteiger partial charge in [0.25, 0.3) is 0 Å². The van der Waals surface area contributed by atoms with Crippen LogP contribution in [0.3, 0.4) is 0 Å². The second-order valence-electron chi connectivity index (χ2n) is 7.02. The first kappa shape index (κ1) is 19.0. The van der Waals surface area contributed by atoms with Crippen molar-refractivity contribution in [1.29, 1.82) is 0 Å². The molecule has 2 fully saturated rings. The molecule has 3 aliphatic rings. The van der Waals surface area contributed by atoms with E-state index in [2.05, 4.69) is 11.0 Å². The van der Waals surface area contributed by atoms with Gasteiger partial charge >= 0.3 is 6.09 Å². The Bertz CT molecular complexity index is 780. The average molecular weight is 409 g/mol. The highest BCUT2D eigenvalue weighted by atomic mass is 32.2. The van der Waals surface area contributed by atoms with Crippen molar-refractivity contribution in [1.82, 2.24) is 16.0 Å². The van der Waals surface area contributed by atoms with Gasteiger partial charge in [0, 0.05) is 47.8 Å². The highest BCUT2D eigenvalue weighted by Gasteiger charge is 2.34. The number of amides is 1. The van der Waals surface area contributed by atoms with Crippen molar-refractivity contribution in [2.45, 2.75) is 18.9 Å². The molecule has 3 aliphatic heterocycles. The monoisotopic (exact) mass is 409 g/mol. The van der Waals surface area contributed by atoms with E-state index in [-0.39, 0.29) is 11.9 Å². The fraction of sp³-hybridized carbons (Fsp3) is 0.500. The van der Waals surface area contributed by atoms with Crippen molar-refractivity contribution in [2.24, 2.45) is 0 Å². The third kappa shape index (κ3) is 4.22. The minimum atomic E-state index is -0.755. The fourth-order valence-electron chi connectivity index (χ4n) is 3.65. The summed E-state index contributed by atoms with van der Waals surface area (Å²) < 4.78 is 31.9. The molecule has 0 aliphatic carbocycles. The number of carbonyl (C=O) groups excluding carboxylic acids is 1. The van der Waals surface area contributed by atoms with E-state index in [1.165, 1.54) is 11.0 Å². The van der Waals surface area contributed by atoms with Gasteiger partial charge in [-0.3, -0.25) is 14.1 Å². The molecule has 4 rings (SSSR count). The summed E-state index contributed by atoms with van der Waals surface area (Å²) in [7, 11) is -0.755. The van der Waals surface area contributed by atoms with Crippen LogP contribution in [0.1, 0.15) is 12.8 Å². The van der Waals surface area contributed by atoms with E-state index in [9.17, 15) is 13.4 Å². The number of rotatable bonds is 4. The lowest BCUT2D eigenvalue weighted by Crippen LogP contribution is -2.41. The van der Waals surface area contributed by atoms with Gasteiger partial charge in [0.05, 0.1) is 24.5 Å². The van der Waals surface area contributed by atoms with Gasteiger partial charge in [-0.05, 0) is 31.0 Å². The Morgan fingerprint density at radius 1 is 1.25 bits per heavy atom. The van der Waals surface area contributed by atoms with Gasteiger partial charge in [-0.25, -0.2) is 9.18 Å². The summed E-state index contributed by atoms with van der Waals surface area (Å²) in [6.45, 7) is 2.21. The first-order valence-electron chi connectivity index (χ1n) is 9.42. The largest absolute Gasteiger partial charge is 0.442 e. The Hall–Kier alpha value is -2.33. The molecule has 0 saturated carbocycles. The van der Waals surface area contributed by atoms with E-state index in [1.54, 1.807) is 23.3 Å². The highest BCUT2D eigenvalue weighted by molar-refractivity contribution is 7.84. The topological polar surface area (TPSA) is 77.2 Å². The highest BCUT2D eigenvalue weighted by Crippen LogP contribution is 2.28. The predicted octanol–water partition coefficient (Wildman–Crippen LogP) is 1.30. The Labute approximate surface area is 165 Å². The number of carbonyl (C=O) groups is 1. The van der Waals surface area contributed by atoms with Gasteiger partial charge < -0.3 is 15.1 Å². The van der Waals surface area contributed by atoms with Gasteiger partial charge in [0.15, 0.2) is 0 Å². The second kappa shape index (κ2) is 8.36. The lowest BCUT2D eigenvalue weighted by molar-refractivity contribution is 0.109. The number of hydrogen-bond acceptors (Lipinski definition) is 7. The third-order valence-corrected chi connectivity index (χ3v) is 6.49. The SMILES string of the molecule is O=C1O[C@@H](CN2C=CNN2)CN1c1ccc(N2CCCS(=O)CCC2)c(F)c1. The summed E-state index contributed by atoms with van der Waals surface area (Å²) in [5.41, 5.74) is 6.74. The van der Waals surface area contributed by atoms with Crippen molar-refractivity contribution in [2.75, 3.05) is 47.5 Å². The summed E-state index contributed by atoms with van der Waals surface area (Å²) in [5.74, 6) is 0.963. The Kier molecular flexibility index (Phi) is 5.67. The zero-order valence-electron chi connectivity index (χ0n) is 15.5. The molecule has 1 aromatic rings. The minimum Gasteiger partial charge on any atom is -0.442 e. The molecule has 0 aromatic heterocycles. The van der Waals surface area contributed by atoms with Crippen molar-refractivity contribution in [3.63, 3.8) is 0 Å². The number of nitrogens with one attached hydrogen (secondary N) is 2. The maximum Gasteiger partial charge on any atom is 0.414 e. The Morgan fingerprint density at radius 3 is 2.71 bits per heavy atom. The summed E-state index contributed by atoms with van der Waals surface area (Å²) in [5, 5.41) is 1.78. The van der Waals surface area contributed by atoms with Crippen LogP contribution in [0.5, 0.6) is 0 Å². The van der Waals surface area contributed by atoms with Crippen LogP contribution in [0.15, 0.2) is 30.6 Å². The van der Waals surface area contributed by atoms with Crippen molar-refractivity contribution < 1.29 is 18.1 Å². The normalized spacial score (nSPS) is 23.5. The molecule has 2 N–H and O–H groups in total. The Morgan fingerprint density at radius 2 is 2.04 bits per heavy atom. The summed E-state index contributed by atoms with van der Waals surface area (Å²) in [6, 6.07) is 4.87. The summed E-state index contributed by atoms with van der Waals surface area (Å²) in [4.78, 5) is 15.7. The van der Waals surface area contributed by atoms with E-state index in [1.807, 2.05) is 11.1 Å².